The van der Waals surface area contributed by atoms with Crippen LogP contribution in [0.3, 0.4) is 0 Å². The number of ketones is 1. The standard InChI is InChI=1S/C15H20BrNO/c1-11(18)14-9-8-12(16)10-15(14)17(2)13-6-4-3-5-7-13/h8-10,13H,3-7H2,1-2H3. The van der Waals surface area contributed by atoms with Gasteiger partial charge in [-0.15, -0.1) is 0 Å². The van der Waals surface area contributed by atoms with Crippen LogP contribution in [-0.2, 0) is 0 Å². The molecule has 0 amide bonds. The van der Waals surface area contributed by atoms with Gasteiger partial charge in [0.1, 0.15) is 0 Å². The summed E-state index contributed by atoms with van der Waals surface area (Å²) in [6, 6.07) is 6.49. The molecule has 0 aliphatic heterocycles. The van der Waals surface area contributed by atoms with E-state index in [1.807, 2.05) is 12.1 Å². The summed E-state index contributed by atoms with van der Waals surface area (Å²) in [7, 11) is 2.12. The molecule has 18 heavy (non-hydrogen) atoms. The predicted octanol–water partition coefficient (Wildman–Crippen LogP) is 4.42. The molecule has 0 aromatic heterocycles. The highest BCUT2D eigenvalue weighted by molar-refractivity contribution is 9.10. The Balaban J connectivity index is 2.30. The first-order chi connectivity index (χ1) is 8.59. The molecule has 0 radical (unpaired) electrons. The minimum Gasteiger partial charge on any atom is -0.371 e. The molecule has 1 aromatic carbocycles. The lowest BCUT2D eigenvalue weighted by atomic mass is 9.93. The van der Waals surface area contributed by atoms with Crippen molar-refractivity contribution >= 4 is 27.4 Å². The SMILES string of the molecule is CC(=O)c1ccc(Br)cc1N(C)C1CCCCC1. The van der Waals surface area contributed by atoms with Gasteiger partial charge in [-0.25, -0.2) is 0 Å². The third kappa shape index (κ3) is 2.94. The van der Waals surface area contributed by atoms with Crippen molar-refractivity contribution in [2.45, 2.75) is 45.1 Å². The Kier molecular flexibility index (Phi) is 4.44. The predicted molar refractivity (Wildman–Crippen MR) is 79.4 cm³/mol. The van der Waals surface area contributed by atoms with Crippen LogP contribution in [0, 0.1) is 0 Å². The van der Waals surface area contributed by atoms with Crippen LogP contribution >= 0.6 is 15.9 Å². The average molecular weight is 310 g/mol. The van der Waals surface area contributed by atoms with Gasteiger partial charge in [-0.3, -0.25) is 4.79 Å². The van der Waals surface area contributed by atoms with Gasteiger partial charge in [-0.2, -0.15) is 0 Å². The summed E-state index contributed by atoms with van der Waals surface area (Å²) in [5, 5.41) is 0. The van der Waals surface area contributed by atoms with Crippen molar-refractivity contribution in [2.75, 3.05) is 11.9 Å². The largest absolute Gasteiger partial charge is 0.371 e. The normalized spacial score (nSPS) is 16.6. The zero-order valence-corrected chi connectivity index (χ0v) is 12.7. The molecule has 0 N–H and O–H groups in total. The third-order valence-corrected chi connectivity index (χ3v) is 4.33. The van der Waals surface area contributed by atoms with Gasteiger partial charge in [-0.1, -0.05) is 35.2 Å². The molecule has 3 heteroatoms. The first kappa shape index (κ1) is 13.6. The molecule has 98 valence electrons. The van der Waals surface area contributed by atoms with E-state index < -0.39 is 0 Å². The lowest BCUT2D eigenvalue weighted by Crippen LogP contribution is -2.34. The summed E-state index contributed by atoms with van der Waals surface area (Å²) >= 11 is 3.50. The maximum atomic E-state index is 11.7. The molecule has 0 spiro atoms. The number of rotatable bonds is 3. The lowest BCUT2D eigenvalue weighted by molar-refractivity contribution is 0.101. The molecule has 0 unspecified atom stereocenters. The minimum absolute atomic E-state index is 0.139. The van der Waals surface area contributed by atoms with Crippen LogP contribution in [0.2, 0.25) is 0 Å². The van der Waals surface area contributed by atoms with Crippen LogP contribution in [0.25, 0.3) is 0 Å². The monoisotopic (exact) mass is 309 g/mol. The first-order valence-electron chi connectivity index (χ1n) is 6.63. The molecule has 2 nitrogen and oxygen atoms in total. The number of carbonyl (C=O) groups is 1. The highest BCUT2D eigenvalue weighted by Gasteiger charge is 2.21. The topological polar surface area (TPSA) is 20.3 Å². The van der Waals surface area contributed by atoms with Crippen molar-refractivity contribution in [1.29, 1.82) is 0 Å². The van der Waals surface area contributed by atoms with Crippen LogP contribution in [0.15, 0.2) is 22.7 Å². The maximum absolute atomic E-state index is 11.7. The third-order valence-electron chi connectivity index (χ3n) is 3.84. The Morgan fingerprint density at radius 3 is 2.56 bits per heavy atom. The number of nitrogens with zero attached hydrogens (tertiary/aromatic N) is 1. The Hall–Kier alpha value is -0.830. The number of anilines is 1. The van der Waals surface area contributed by atoms with Crippen LogP contribution < -0.4 is 4.90 Å². The van der Waals surface area contributed by atoms with Gasteiger partial charge in [0.05, 0.1) is 0 Å². The summed E-state index contributed by atoms with van der Waals surface area (Å²) in [4.78, 5) is 14.0. The molecular formula is C15H20BrNO. The Morgan fingerprint density at radius 2 is 1.94 bits per heavy atom. The second-order valence-corrected chi connectivity index (χ2v) is 6.04. The van der Waals surface area contributed by atoms with Crippen molar-refractivity contribution < 1.29 is 4.79 Å². The van der Waals surface area contributed by atoms with E-state index in [4.69, 9.17) is 0 Å². The van der Waals surface area contributed by atoms with Crippen molar-refractivity contribution in [3.8, 4) is 0 Å². The van der Waals surface area contributed by atoms with E-state index in [1.165, 1.54) is 32.1 Å². The zero-order valence-electron chi connectivity index (χ0n) is 11.1. The fraction of sp³-hybridized carbons (Fsp3) is 0.533. The van der Waals surface area contributed by atoms with E-state index >= 15 is 0 Å². The Labute approximate surface area is 117 Å². The van der Waals surface area contributed by atoms with Crippen molar-refractivity contribution in [3.63, 3.8) is 0 Å². The van der Waals surface area contributed by atoms with Gasteiger partial charge in [0.15, 0.2) is 5.78 Å². The Bertz CT molecular complexity index is 438. The average Bonchev–Trinajstić information content (AvgIpc) is 2.38. The molecule has 2 rings (SSSR count). The van der Waals surface area contributed by atoms with Crippen LogP contribution in [0.1, 0.15) is 49.4 Å². The smallest absolute Gasteiger partial charge is 0.161 e. The van der Waals surface area contributed by atoms with Crippen LogP contribution in [0.4, 0.5) is 5.69 Å². The van der Waals surface area contributed by atoms with E-state index in [0.29, 0.717) is 6.04 Å². The zero-order chi connectivity index (χ0) is 13.1. The number of benzene rings is 1. The number of hydrogen-bond donors (Lipinski definition) is 0. The van der Waals surface area contributed by atoms with Crippen LogP contribution in [0.5, 0.6) is 0 Å². The molecule has 0 bridgehead atoms. The van der Waals surface area contributed by atoms with Crippen molar-refractivity contribution in [1.82, 2.24) is 0 Å². The second kappa shape index (κ2) is 5.87. The molecular weight excluding hydrogens is 290 g/mol. The van der Waals surface area contributed by atoms with Gasteiger partial charge in [-0.05, 0) is 38.0 Å². The molecule has 1 aromatic rings. The summed E-state index contributed by atoms with van der Waals surface area (Å²) in [5.74, 6) is 0.139. The molecule has 1 fully saturated rings. The highest BCUT2D eigenvalue weighted by atomic mass is 79.9. The first-order valence-corrected chi connectivity index (χ1v) is 7.42. The van der Waals surface area contributed by atoms with Gasteiger partial charge >= 0.3 is 0 Å². The lowest BCUT2D eigenvalue weighted by Gasteiger charge is -2.34. The van der Waals surface area contributed by atoms with E-state index in [0.717, 1.165) is 15.7 Å². The van der Waals surface area contributed by atoms with E-state index in [-0.39, 0.29) is 5.78 Å². The molecule has 1 saturated carbocycles. The van der Waals surface area contributed by atoms with E-state index in [1.54, 1.807) is 6.92 Å². The summed E-state index contributed by atoms with van der Waals surface area (Å²) in [5.41, 5.74) is 1.88. The second-order valence-electron chi connectivity index (χ2n) is 5.12. The van der Waals surface area contributed by atoms with Crippen molar-refractivity contribution in [2.24, 2.45) is 0 Å². The maximum Gasteiger partial charge on any atom is 0.161 e. The van der Waals surface area contributed by atoms with Gasteiger partial charge in [0, 0.05) is 28.8 Å². The Morgan fingerprint density at radius 1 is 1.28 bits per heavy atom. The van der Waals surface area contributed by atoms with Gasteiger partial charge in [0.25, 0.3) is 0 Å². The molecule has 1 aliphatic rings. The molecule has 1 aliphatic carbocycles. The van der Waals surface area contributed by atoms with Crippen LogP contribution in [-0.4, -0.2) is 18.9 Å². The molecule has 0 saturated heterocycles. The van der Waals surface area contributed by atoms with E-state index in [2.05, 4.69) is 33.9 Å². The quantitative estimate of drug-likeness (QED) is 0.770. The minimum atomic E-state index is 0.139. The fourth-order valence-electron chi connectivity index (χ4n) is 2.76. The highest BCUT2D eigenvalue weighted by Crippen LogP contribution is 2.30. The van der Waals surface area contributed by atoms with Gasteiger partial charge < -0.3 is 4.90 Å². The number of carbonyl (C=O) groups excluding carboxylic acids is 1. The summed E-state index contributed by atoms with van der Waals surface area (Å²) in [6.45, 7) is 1.64. The fourth-order valence-corrected chi connectivity index (χ4v) is 3.11. The molecule has 0 atom stereocenters. The van der Waals surface area contributed by atoms with E-state index in [9.17, 15) is 4.79 Å². The summed E-state index contributed by atoms with van der Waals surface area (Å²) in [6.07, 6.45) is 6.43. The number of halogens is 1. The summed E-state index contributed by atoms with van der Waals surface area (Å²) < 4.78 is 1.03. The molecule has 0 heterocycles. The van der Waals surface area contributed by atoms with Gasteiger partial charge in [0.2, 0.25) is 0 Å². The number of hydrogen-bond acceptors (Lipinski definition) is 2. The number of Topliss-reactive ketones (excluding diaryl/α,β-unsaturated/α-hetero) is 1. The van der Waals surface area contributed by atoms with Crippen molar-refractivity contribution in [3.05, 3.63) is 28.2 Å².